The van der Waals surface area contributed by atoms with E-state index >= 15 is 4.39 Å². The number of hydrogen-bond donors (Lipinski definition) is 2. The minimum atomic E-state index is -4.89. The summed E-state index contributed by atoms with van der Waals surface area (Å²) >= 11 is 0. The number of aromatic nitrogens is 1. The van der Waals surface area contributed by atoms with Crippen LogP contribution in [0.15, 0.2) is 23.3 Å². The highest BCUT2D eigenvalue weighted by atomic mass is 19.4. The molecule has 2 spiro atoms. The number of rotatable bonds is 4. The number of alkyl halides is 4. The Bertz CT molecular complexity index is 1600. The van der Waals surface area contributed by atoms with Crippen LogP contribution in [0.25, 0.3) is 0 Å². The van der Waals surface area contributed by atoms with Gasteiger partial charge in [-0.05, 0) is 44.7 Å². The maximum atomic E-state index is 15.6. The van der Waals surface area contributed by atoms with E-state index in [-0.39, 0.29) is 50.2 Å². The molecule has 2 unspecified atom stereocenters. The average Bonchev–Trinajstić information content (AvgIpc) is 3.74. The third kappa shape index (κ3) is 4.58. The molecule has 2 saturated carbocycles. The molecule has 0 radical (unpaired) electrons. The van der Waals surface area contributed by atoms with E-state index in [1.165, 1.54) is 17.3 Å². The minimum absolute atomic E-state index is 0.00510. The van der Waals surface area contributed by atoms with E-state index in [2.05, 4.69) is 26.4 Å². The number of anilines is 1. The number of alkyl carbamates (subject to hydrolysis) is 1. The highest BCUT2D eigenvalue weighted by Crippen LogP contribution is 2.63. The number of methoxy groups -OCH3 is 1. The van der Waals surface area contributed by atoms with Crippen LogP contribution in [-0.4, -0.2) is 114 Å². The minimum Gasteiger partial charge on any atom is -0.472 e. The molecule has 48 heavy (non-hydrogen) atoms. The SMILES string of the molecule is COC(=O)NC(C(=O)N1C[C@@H]2[C@@H]3C[C@@H](F)[C@@H](C3)[C@@]23N=CC(N2C[C@@]4(C[C@H]2C#N)Oc2cccnc2NC4=O)OC[C@@H]13)C(C)(C)C(F)(F)F. The van der Waals surface area contributed by atoms with Crippen molar-refractivity contribution in [3.05, 3.63) is 18.3 Å². The smallest absolute Gasteiger partial charge is 0.407 e. The first-order valence-electron chi connectivity index (χ1n) is 15.8. The number of halogens is 4. The summed E-state index contributed by atoms with van der Waals surface area (Å²) < 4.78 is 75.5. The van der Waals surface area contributed by atoms with Crippen LogP contribution in [0.1, 0.15) is 33.1 Å². The largest absolute Gasteiger partial charge is 0.472 e. The van der Waals surface area contributed by atoms with Gasteiger partial charge in [-0.25, -0.2) is 14.2 Å². The number of ether oxygens (including phenoxy) is 3. The third-order valence-corrected chi connectivity index (χ3v) is 11.4. The number of nitrogens with one attached hydrogen (secondary N) is 2. The summed E-state index contributed by atoms with van der Waals surface area (Å²) in [7, 11) is 0.981. The first-order valence-corrected chi connectivity index (χ1v) is 15.8. The lowest BCUT2D eigenvalue weighted by Crippen LogP contribution is -2.62. The van der Waals surface area contributed by atoms with Crippen LogP contribution in [0.4, 0.5) is 28.2 Å². The molecule has 1 aromatic heterocycles. The number of nitrogens with zero attached hydrogens (tertiary/aromatic N) is 5. The lowest BCUT2D eigenvalue weighted by Gasteiger charge is -2.42. The van der Waals surface area contributed by atoms with Crippen LogP contribution in [0.2, 0.25) is 0 Å². The Morgan fingerprint density at radius 2 is 2.04 bits per heavy atom. The van der Waals surface area contributed by atoms with E-state index in [9.17, 15) is 32.8 Å². The summed E-state index contributed by atoms with van der Waals surface area (Å²) in [6.45, 7) is 1.32. The normalized spacial score (nSPS) is 37.5. The lowest BCUT2D eigenvalue weighted by molar-refractivity contribution is -0.222. The Morgan fingerprint density at radius 1 is 1.27 bits per heavy atom. The van der Waals surface area contributed by atoms with E-state index in [1.807, 2.05) is 0 Å². The van der Waals surface area contributed by atoms with Crippen LogP contribution in [0.3, 0.4) is 0 Å². The molecular formula is C31H35F4N7O6. The Balaban J connectivity index is 1.21. The predicted molar refractivity (Wildman–Crippen MR) is 157 cm³/mol. The van der Waals surface area contributed by atoms with Gasteiger partial charge in [-0.2, -0.15) is 18.4 Å². The van der Waals surface area contributed by atoms with Gasteiger partial charge in [0.25, 0.3) is 5.91 Å². The van der Waals surface area contributed by atoms with E-state index in [4.69, 9.17) is 14.5 Å². The molecule has 0 aromatic carbocycles. The second-order valence-corrected chi connectivity index (χ2v) is 14.1. The van der Waals surface area contributed by atoms with Gasteiger partial charge in [-0.15, -0.1) is 0 Å². The fourth-order valence-corrected chi connectivity index (χ4v) is 8.84. The van der Waals surface area contributed by atoms with Gasteiger partial charge in [-0.3, -0.25) is 19.5 Å². The topological polar surface area (TPSA) is 158 Å². The molecule has 13 nitrogen and oxygen atoms in total. The van der Waals surface area contributed by atoms with E-state index in [1.54, 1.807) is 17.0 Å². The molecule has 2 bridgehead atoms. The van der Waals surface area contributed by atoms with Crippen molar-refractivity contribution in [3.63, 3.8) is 0 Å². The number of hydrogen-bond acceptors (Lipinski definition) is 10. The number of aliphatic imine (C=N–C) groups is 1. The van der Waals surface area contributed by atoms with Crippen molar-refractivity contribution in [2.24, 2.45) is 28.2 Å². The number of carbonyl (C=O) groups excluding carboxylic acids is 3. The van der Waals surface area contributed by atoms with Crippen molar-refractivity contribution in [1.29, 1.82) is 5.26 Å². The first kappa shape index (κ1) is 32.5. The number of amides is 3. The van der Waals surface area contributed by atoms with E-state index in [0.29, 0.717) is 12.2 Å². The highest BCUT2D eigenvalue weighted by Gasteiger charge is 2.72. The Labute approximate surface area is 272 Å². The quantitative estimate of drug-likeness (QED) is 0.457. The molecule has 2 aliphatic carbocycles. The average molecular weight is 678 g/mol. The monoisotopic (exact) mass is 677 g/mol. The summed E-state index contributed by atoms with van der Waals surface area (Å²) in [5, 5.41) is 15.0. The van der Waals surface area contributed by atoms with Crippen molar-refractivity contribution in [2.75, 3.05) is 32.1 Å². The molecule has 7 rings (SSSR count). The van der Waals surface area contributed by atoms with Gasteiger partial charge < -0.3 is 29.7 Å². The van der Waals surface area contributed by atoms with Crippen molar-refractivity contribution < 1.29 is 46.2 Å². The van der Waals surface area contributed by atoms with Crippen LogP contribution >= 0.6 is 0 Å². The van der Waals surface area contributed by atoms with Crippen molar-refractivity contribution in [2.45, 2.75) is 81.0 Å². The Hall–Kier alpha value is -4.04. The second kappa shape index (κ2) is 11.0. The summed E-state index contributed by atoms with van der Waals surface area (Å²) in [6.07, 6.45) is -4.65. The molecule has 6 aliphatic rings. The fourth-order valence-electron chi connectivity index (χ4n) is 8.84. The van der Waals surface area contributed by atoms with E-state index in [0.717, 1.165) is 21.0 Å². The third-order valence-electron chi connectivity index (χ3n) is 11.4. The van der Waals surface area contributed by atoms with Gasteiger partial charge in [0.2, 0.25) is 11.5 Å². The molecule has 17 heteroatoms. The zero-order valence-electron chi connectivity index (χ0n) is 26.4. The molecule has 5 heterocycles. The van der Waals surface area contributed by atoms with Crippen molar-refractivity contribution in [1.82, 2.24) is 20.1 Å². The van der Waals surface area contributed by atoms with Gasteiger partial charge in [0.15, 0.2) is 11.6 Å². The fraction of sp³-hybridized carbons (Fsp3) is 0.677. The highest BCUT2D eigenvalue weighted by molar-refractivity contribution is 6.00. The second-order valence-electron chi connectivity index (χ2n) is 14.1. The summed E-state index contributed by atoms with van der Waals surface area (Å²) in [5.74, 6) is -2.07. The summed E-state index contributed by atoms with van der Waals surface area (Å²) in [5.41, 5.74) is -5.36. The zero-order chi connectivity index (χ0) is 34.4. The molecule has 4 fully saturated rings. The first-order chi connectivity index (χ1) is 22.7. The zero-order valence-corrected chi connectivity index (χ0v) is 26.4. The van der Waals surface area contributed by atoms with Crippen molar-refractivity contribution in [3.8, 4) is 11.8 Å². The number of pyridine rings is 1. The van der Waals surface area contributed by atoms with Crippen molar-refractivity contribution >= 4 is 29.9 Å². The lowest BCUT2D eigenvalue weighted by atomic mass is 9.71. The van der Waals surface area contributed by atoms with Crippen LogP contribution in [0, 0.1) is 34.5 Å². The van der Waals surface area contributed by atoms with E-state index < -0.39 is 77.1 Å². The number of carbonyl (C=O) groups is 3. The van der Waals surface area contributed by atoms with Crippen LogP contribution in [-0.2, 0) is 19.1 Å². The number of likely N-dealkylation sites (tertiary alicyclic amines) is 2. The molecule has 3 amide bonds. The number of nitriles is 1. The molecule has 4 aliphatic heterocycles. The molecule has 2 saturated heterocycles. The number of fused-ring (bicyclic) bond motifs is 4. The predicted octanol–water partition coefficient (Wildman–Crippen LogP) is 2.43. The Morgan fingerprint density at radius 3 is 2.75 bits per heavy atom. The summed E-state index contributed by atoms with van der Waals surface area (Å²) in [4.78, 5) is 51.7. The molecule has 258 valence electrons. The van der Waals surface area contributed by atoms with Gasteiger partial charge in [0.1, 0.15) is 24.5 Å². The molecule has 2 N–H and O–H groups in total. The van der Waals surface area contributed by atoms with Gasteiger partial charge in [0, 0.05) is 37.2 Å². The standard InChI is InChI=1S/C31H35F4N7O6/c1-28(2,31(33,34)35)23(39-27(45)46-3)25(43)41-12-18-15-7-17(19(32)8-15)30(18)21(41)13-47-22(11-38-30)42-14-29(9-16(42)10-36)26(44)40-24-20(48-29)5-4-6-37-24/h4-6,11,15-19,21-23H,7-9,12-14H2,1-3H3,(H,39,45)(H,37,40,44)/t15-,16-,17+,18+,19+,21+,22?,23?,29+,30+/m0/s1. The van der Waals surface area contributed by atoms with Crippen LogP contribution in [0.5, 0.6) is 5.75 Å². The molecule has 10 atom stereocenters. The van der Waals surface area contributed by atoms with Gasteiger partial charge in [0.05, 0.1) is 43.3 Å². The molecular weight excluding hydrogens is 642 g/mol. The van der Waals surface area contributed by atoms with Crippen LogP contribution < -0.4 is 15.4 Å². The Kier molecular flexibility index (Phi) is 7.44. The summed E-state index contributed by atoms with van der Waals surface area (Å²) in [6, 6.07) is 1.59. The maximum absolute atomic E-state index is 15.6. The van der Waals surface area contributed by atoms with Gasteiger partial charge >= 0.3 is 12.3 Å². The van der Waals surface area contributed by atoms with Gasteiger partial charge in [-0.1, -0.05) is 0 Å². The molecule has 1 aromatic rings. The maximum Gasteiger partial charge on any atom is 0.407 e.